The standard InChI is InChI=1S/C18H18ClNO5/c1-17(2)12-6-7-18(17,3)15(9-14(12)21)25-16(22)11-5-4-10(19)8-13(11)20(23)24/h4-5,8-9,12H,6-7H2,1-3H3. The summed E-state index contributed by atoms with van der Waals surface area (Å²) in [5.41, 5.74) is -1.43. The molecular formula is C18H18ClNO5. The predicted octanol–water partition coefficient (Wildman–Crippen LogP) is 4.31. The second kappa shape index (κ2) is 5.66. The largest absolute Gasteiger partial charge is 0.427 e. The number of hydrogen-bond donors (Lipinski definition) is 0. The molecule has 0 amide bonds. The average Bonchev–Trinajstić information content (AvgIpc) is 2.67. The molecule has 132 valence electrons. The first kappa shape index (κ1) is 17.6. The van der Waals surface area contributed by atoms with Gasteiger partial charge in [-0.1, -0.05) is 32.4 Å². The molecule has 2 aliphatic carbocycles. The Morgan fingerprint density at radius 2 is 2.04 bits per heavy atom. The van der Waals surface area contributed by atoms with Gasteiger partial charge in [-0.25, -0.2) is 4.79 Å². The quantitative estimate of drug-likeness (QED) is 0.453. The third kappa shape index (κ3) is 2.56. The molecule has 0 aromatic heterocycles. The van der Waals surface area contributed by atoms with Gasteiger partial charge < -0.3 is 4.74 Å². The molecule has 7 heteroatoms. The second-order valence-electron chi connectivity index (χ2n) is 7.36. The van der Waals surface area contributed by atoms with Crippen LogP contribution in [0, 0.1) is 26.9 Å². The third-order valence-corrected chi connectivity index (χ3v) is 6.20. The summed E-state index contributed by atoms with van der Waals surface area (Å²) in [5.74, 6) is -0.728. The summed E-state index contributed by atoms with van der Waals surface area (Å²) >= 11 is 5.77. The number of carbonyl (C=O) groups excluding carboxylic acids is 2. The number of esters is 1. The van der Waals surface area contributed by atoms with E-state index in [9.17, 15) is 19.7 Å². The Kier molecular flexibility index (Phi) is 3.99. The van der Waals surface area contributed by atoms with Crippen LogP contribution in [0.3, 0.4) is 0 Å². The molecule has 25 heavy (non-hydrogen) atoms. The summed E-state index contributed by atoms with van der Waals surface area (Å²) in [6, 6.07) is 3.76. The van der Waals surface area contributed by atoms with E-state index in [4.69, 9.17) is 16.3 Å². The number of halogens is 1. The topological polar surface area (TPSA) is 86.5 Å². The van der Waals surface area contributed by atoms with E-state index in [-0.39, 0.29) is 33.5 Å². The van der Waals surface area contributed by atoms with Crippen molar-refractivity contribution in [2.45, 2.75) is 33.6 Å². The molecule has 0 spiro atoms. The lowest BCUT2D eigenvalue weighted by atomic mass is 9.61. The molecule has 1 aromatic carbocycles. The van der Waals surface area contributed by atoms with Gasteiger partial charge in [-0.3, -0.25) is 14.9 Å². The van der Waals surface area contributed by atoms with Crippen LogP contribution in [0.25, 0.3) is 0 Å². The van der Waals surface area contributed by atoms with Crippen LogP contribution in [0.5, 0.6) is 0 Å². The van der Waals surface area contributed by atoms with Crippen molar-refractivity contribution in [3.8, 4) is 0 Å². The summed E-state index contributed by atoms with van der Waals surface area (Å²) in [4.78, 5) is 35.4. The maximum atomic E-state index is 12.6. The minimum Gasteiger partial charge on any atom is -0.427 e. The molecule has 2 bridgehead atoms. The van der Waals surface area contributed by atoms with Gasteiger partial charge in [0.2, 0.25) is 0 Å². The first-order valence-electron chi connectivity index (χ1n) is 8.00. The molecule has 3 rings (SSSR count). The lowest BCUT2D eigenvalue weighted by molar-refractivity contribution is -0.385. The average molecular weight is 364 g/mol. The number of nitro groups is 1. The predicted molar refractivity (Wildman–Crippen MR) is 91.2 cm³/mol. The van der Waals surface area contributed by atoms with E-state index >= 15 is 0 Å². The first-order valence-corrected chi connectivity index (χ1v) is 8.38. The Hall–Kier alpha value is -2.21. The first-order chi connectivity index (χ1) is 11.6. The van der Waals surface area contributed by atoms with Crippen LogP contribution < -0.4 is 0 Å². The van der Waals surface area contributed by atoms with E-state index in [1.54, 1.807) is 0 Å². The number of ether oxygens (including phenoxy) is 1. The molecule has 0 aliphatic heterocycles. The van der Waals surface area contributed by atoms with Crippen LogP contribution in [0.2, 0.25) is 5.02 Å². The van der Waals surface area contributed by atoms with Crippen molar-refractivity contribution < 1.29 is 19.2 Å². The van der Waals surface area contributed by atoms with Gasteiger partial charge in [0, 0.05) is 28.5 Å². The maximum absolute atomic E-state index is 12.6. The van der Waals surface area contributed by atoms with Crippen LogP contribution in [0.1, 0.15) is 44.0 Å². The van der Waals surface area contributed by atoms with Crippen LogP contribution in [0.4, 0.5) is 5.69 Å². The number of rotatable bonds is 3. The molecule has 1 fully saturated rings. The molecule has 0 N–H and O–H groups in total. The van der Waals surface area contributed by atoms with E-state index in [0.717, 1.165) is 18.9 Å². The van der Waals surface area contributed by atoms with Crippen LogP contribution in [0.15, 0.2) is 30.0 Å². The summed E-state index contributed by atoms with van der Waals surface area (Å²) in [5, 5.41) is 11.3. The SMILES string of the molecule is CC12CCC(C(=O)C=C1OC(=O)c1ccc(Cl)cc1[N+](=O)[O-])C2(C)C. The van der Waals surface area contributed by atoms with Crippen LogP contribution in [-0.2, 0) is 9.53 Å². The van der Waals surface area contributed by atoms with Gasteiger partial charge in [-0.05, 0) is 30.4 Å². The van der Waals surface area contributed by atoms with Gasteiger partial charge in [0.15, 0.2) is 5.78 Å². The fraction of sp³-hybridized carbons (Fsp3) is 0.444. The highest BCUT2D eigenvalue weighted by Gasteiger charge is 2.59. The highest BCUT2D eigenvalue weighted by atomic mass is 35.5. The smallest absolute Gasteiger partial charge is 0.350 e. The van der Waals surface area contributed by atoms with Gasteiger partial charge in [-0.15, -0.1) is 0 Å². The number of benzene rings is 1. The van der Waals surface area contributed by atoms with Gasteiger partial charge >= 0.3 is 5.97 Å². The molecule has 1 aromatic rings. The van der Waals surface area contributed by atoms with Crippen molar-refractivity contribution in [1.82, 2.24) is 0 Å². The summed E-state index contributed by atoms with van der Waals surface area (Å²) in [7, 11) is 0. The zero-order chi connectivity index (χ0) is 18.6. The van der Waals surface area contributed by atoms with Crippen molar-refractivity contribution >= 4 is 29.0 Å². The summed E-state index contributed by atoms with van der Waals surface area (Å²) in [6.07, 6.45) is 2.84. The van der Waals surface area contributed by atoms with Gasteiger partial charge in [-0.2, -0.15) is 0 Å². The number of fused-ring (bicyclic) bond motifs is 2. The normalized spacial score (nSPS) is 27.0. The van der Waals surface area contributed by atoms with Gasteiger partial charge in [0.05, 0.1) is 4.92 Å². The summed E-state index contributed by atoms with van der Waals surface area (Å²) < 4.78 is 5.50. The number of nitro benzene ring substituents is 1. The van der Waals surface area contributed by atoms with E-state index in [1.165, 1.54) is 18.2 Å². The Balaban J connectivity index is 1.97. The van der Waals surface area contributed by atoms with Crippen LogP contribution >= 0.6 is 11.6 Å². The molecule has 1 saturated carbocycles. The number of hydrogen-bond acceptors (Lipinski definition) is 5. The van der Waals surface area contributed by atoms with Crippen LogP contribution in [-0.4, -0.2) is 16.7 Å². The van der Waals surface area contributed by atoms with E-state index in [2.05, 4.69) is 0 Å². The number of nitrogens with zero attached hydrogens (tertiary/aromatic N) is 1. The van der Waals surface area contributed by atoms with Crippen molar-refractivity contribution in [2.24, 2.45) is 16.7 Å². The summed E-state index contributed by atoms with van der Waals surface area (Å²) in [6.45, 7) is 5.96. The lowest BCUT2D eigenvalue weighted by Crippen LogP contribution is -2.43. The van der Waals surface area contributed by atoms with Crippen molar-refractivity contribution in [2.75, 3.05) is 0 Å². The van der Waals surface area contributed by atoms with Gasteiger partial charge in [0.25, 0.3) is 5.69 Å². The van der Waals surface area contributed by atoms with E-state index < -0.39 is 22.0 Å². The highest BCUT2D eigenvalue weighted by Crippen LogP contribution is 2.62. The number of allylic oxidation sites excluding steroid dienone is 2. The molecule has 2 atom stereocenters. The zero-order valence-electron chi connectivity index (χ0n) is 14.2. The van der Waals surface area contributed by atoms with Gasteiger partial charge in [0.1, 0.15) is 11.3 Å². The Labute approximate surface area is 150 Å². The molecule has 2 unspecified atom stereocenters. The van der Waals surface area contributed by atoms with Crippen molar-refractivity contribution in [3.63, 3.8) is 0 Å². The molecule has 6 nitrogen and oxygen atoms in total. The molecule has 0 radical (unpaired) electrons. The molecule has 0 saturated heterocycles. The lowest BCUT2D eigenvalue weighted by Gasteiger charge is -2.44. The maximum Gasteiger partial charge on any atom is 0.350 e. The Bertz CT molecular complexity index is 829. The fourth-order valence-electron chi connectivity index (χ4n) is 3.95. The molecule has 2 aliphatic rings. The van der Waals surface area contributed by atoms with Crippen molar-refractivity contribution in [3.05, 3.63) is 50.7 Å². The minimum absolute atomic E-state index is 0.0617. The highest BCUT2D eigenvalue weighted by molar-refractivity contribution is 6.31. The number of carbonyl (C=O) groups is 2. The third-order valence-electron chi connectivity index (χ3n) is 5.97. The van der Waals surface area contributed by atoms with E-state index in [1.807, 2.05) is 20.8 Å². The second-order valence-corrected chi connectivity index (χ2v) is 7.80. The molecule has 0 heterocycles. The fourth-order valence-corrected chi connectivity index (χ4v) is 4.12. The Morgan fingerprint density at radius 1 is 1.36 bits per heavy atom. The number of ketones is 1. The van der Waals surface area contributed by atoms with Crippen molar-refractivity contribution in [1.29, 1.82) is 0 Å². The van der Waals surface area contributed by atoms with E-state index in [0.29, 0.717) is 0 Å². The minimum atomic E-state index is -0.857. The molecular weight excluding hydrogens is 346 g/mol. The Morgan fingerprint density at radius 3 is 2.68 bits per heavy atom. The monoisotopic (exact) mass is 363 g/mol. The zero-order valence-corrected chi connectivity index (χ0v) is 14.9.